The Labute approximate surface area is 170 Å². The summed E-state index contributed by atoms with van der Waals surface area (Å²) in [6, 6.07) is 18.9. The molecule has 0 radical (unpaired) electrons. The monoisotopic (exact) mass is 369 g/mol. The van der Waals surface area contributed by atoms with Crippen molar-refractivity contribution in [2.75, 3.05) is 6.54 Å². The molecule has 1 nitrogen and oxygen atoms in total. The smallest absolute Gasteiger partial charge is 0.0398 e. The molecule has 0 aliphatic heterocycles. The lowest BCUT2D eigenvalue weighted by Gasteiger charge is -2.00. The molecule has 0 spiro atoms. The van der Waals surface area contributed by atoms with Gasteiger partial charge in [-0.2, -0.15) is 0 Å². The van der Waals surface area contributed by atoms with Crippen LogP contribution in [0.3, 0.4) is 0 Å². The van der Waals surface area contributed by atoms with Gasteiger partial charge in [0.25, 0.3) is 0 Å². The normalized spacial score (nSPS) is 11.7. The minimum atomic E-state index is 0.834. The summed E-state index contributed by atoms with van der Waals surface area (Å²) in [6.45, 7) is 5.10. The van der Waals surface area contributed by atoms with Crippen LogP contribution in [0.5, 0.6) is 0 Å². The van der Waals surface area contributed by atoms with Crippen molar-refractivity contribution in [3.8, 4) is 23.0 Å². The molecule has 0 aliphatic carbocycles. The molecule has 0 bridgehead atoms. The average molecular weight is 370 g/mol. The van der Waals surface area contributed by atoms with Crippen molar-refractivity contribution in [3.63, 3.8) is 0 Å². The van der Waals surface area contributed by atoms with E-state index in [4.69, 9.17) is 0 Å². The highest BCUT2D eigenvalue weighted by Gasteiger charge is 1.95. The molecule has 2 rings (SSSR count). The molecule has 2 aromatic carbocycles. The Morgan fingerprint density at radius 1 is 0.964 bits per heavy atom. The maximum Gasteiger partial charge on any atom is 0.0398 e. The summed E-state index contributed by atoms with van der Waals surface area (Å²) < 4.78 is 0. The van der Waals surface area contributed by atoms with Crippen LogP contribution in [0.15, 0.2) is 83.4 Å². The standard InChI is InChI=1S/C27H31N/c1-3-5-13-25(14-6-4-2)23-28-22-12-8-9-15-24-18-20-27(21-19-24)26-16-10-7-11-17-26/h3,5,7,10-11,13,16-21,23H,4,6,8,12,14,22H2,1-2H3/b5-3-,25-13-,28-23?. The highest BCUT2D eigenvalue weighted by Crippen LogP contribution is 2.18. The maximum absolute atomic E-state index is 4.57. The quantitative estimate of drug-likeness (QED) is 0.191. The van der Waals surface area contributed by atoms with Gasteiger partial charge in [0, 0.05) is 24.7 Å². The van der Waals surface area contributed by atoms with Crippen LogP contribution in [-0.4, -0.2) is 12.8 Å². The first-order valence-electron chi connectivity index (χ1n) is 10.3. The molecule has 144 valence electrons. The Morgan fingerprint density at radius 3 is 2.43 bits per heavy atom. The van der Waals surface area contributed by atoms with Crippen molar-refractivity contribution in [2.24, 2.45) is 4.99 Å². The van der Waals surface area contributed by atoms with Gasteiger partial charge in [-0.3, -0.25) is 4.99 Å². The molecule has 0 saturated carbocycles. The Bertz CT molecular complexity index is 827. The van der Waals surface area contributed by atoms with E-state index >= 15 is 0 Å². The molecule has 0 fully saturated rings. The van der Waals surface area contributed by atoms with Crippen molar-refractivity contribution in [3.05, 3.63) is 84.0 Å². The fraction of sp³-hybridized carbons (Fsp3) is 0.296. The number of aliphatic imine (C=N–C) groups is 1. The molecule has 28 heavy (non-hydrogen) atoms. The fourth-order valence-corrected chi connectivity index (χ4v) is 2.77. The minimum absolute atomic E-state index is 0.834. The zero-order valence-corrected chi connectivity index (χ0v) is 17.2. The number of unbranched alkanes of at least 4 members (excludes halogenated alkanes) is 2. The first kappa shape index (κ1) is 21.5. The summed E-state index contributed by atoms with van der Waals surface area (Å²) >= 11 is 0. The number of allylic oxidation sites excluding steroid dienone is 4. The third kappa shape index (κ3) is 8.23. The van der Waals surface area contributed by atoms with Crippen LogP contribution in [0, 0.1) is 11.8 Å². The summed E-state index contributed by atoms with van der Waals surface area (Å²) in [4.78, 5) is 4.57. The Balaban J connectivity index is 1.77. The van der Waals surface area contributed by atoms with E-state index in [-0.39, 0.29) is 0 Å². The summed E-state index contributed by atoms with van der Waals surface area (Å²) in [5, 5.41) is 0. The molecule has 2 aromatic rings. The minimum Gasteiger partial charge on any atom is -0.293 e. The van der Waals surface area contributed by atoms with E-state index in [1.165, 1.54) is 29.5 Å². The molecule has 1 heteroatoms. The van der Waals surface area contributed by atoms with Crippen LogP contribution in [0.25, 0.3) is 11.1 Å². The van der Waals surface area contributed by atoms with E-state index in [0.29, 0.717) is 0 Å². The molecule has 0 aromatic heterocycles. The number of benzene rings is 2. The fourth-order valence-electron chi connectivity index (χ4n) is 2.77. The maximum atomic E-state index is 4.57. The molecule has 0 atom stereocenters. The summed E-state index contributed by atoms with van der Waals surface area (Å²) in [5.41, 5.74) is 4.84. The number of hydrogen-bond acceptors (Lipinski definition) is 1. The molecule has 0 unspecified atom stereocenters. The molecule has 0 saturated heterocycles. The summed E-state index contributed by atoms with van der Waals surface area (Å²) in [7, 11) is 0. The van der Waals surface area contributed by atoms with E-state index < -0.39 is 0 Å². The highest BCUT2D eigenvalue weighted by molar-refractivity contribution is 5.78. The van der Waals surface area contributed by atoms with Crippen molar-refractivity contribution in [1.82, 2.24) is 0 Å². The Hall–Kier alpha value is -2.85. The predicted octanol–water partition coefficient (Wildman–Crippen LogP) is 7.25. The molecule has 0 heterocycles. The van der Waals surface area contributed by atoms with Crippen LogP contribution in [0.4, 0.5) is 0 Å². The van der Waals surface area contributed by atoms with Gasteiger partial charge < -0.3 is 0 Å². The van der Waals surface area contributed by atoms with Crippen LogP contribution >= 0.6 is 0 Å². The van der Waals surface area contributed by atoms with Gasteiger partial charge in [0.1, 0.15) is 0 Å². The van der Waals surface area contributed by atoms with E-state index in [2.05, 4.69) is 90.5 Å². The second-order valence-corrected chi connectivity index (χ2v) is 6.75. The Morgan fingerprint density at radius 2 is 1.71 bits per heavy atom. The lowest BCUT2D eigenvalue weighted by Crippen LogP contribution is -1.88. The van der Waals surface area contributed by atoms with Gasteiger partial charge in [0.05, 0.1) is 0 Å². The Kier molecular flexibility index (Phi) is 10.2. The van der Waals surface area contributed by atoms with Crippen molar-refractivity contribution >= 4 is 6.21 Å². The van der Waals surface area contributed by atoms with E-state index in [0.717, 1.165) is 31.4 Å². The van der Waals surface area contributed by atoms with Crippen LogP contribution in [0.1, 0.15) is 51.5 Å². The van der Waals surface area contributed by atoms with Gasteiger partial charge in [0.15, 0.2) is 0 Å². The lowest BCUT2D eigenvalue weighted by atomic mass is 10.0. The molecular formula is C27H31N. The van der Waals surface area contributed by atoms with Crippen LogP contribution in [-0.2, 0) is 0 Å². The second-order valence-electron chi connectivity index (χ2n) is 6.75. The summed E-state index contributed by atoms with van der Waals surface area (Å²) in [6.07, 6.45) is 13.7. The first-order valence-corrected chi connectivity index (χ1v) is 10.3. The number of rotatable bonds is 9. The van der Waals surface area contributed by atoms with Gasteiger partial charge in [-0.15, -0.1) is 0 Å². The highest BCUT2D eigenvalue weighted by atomic mass is 14.7. The zero-order chi connectivity index (χ0) is 19.9. The van der Waals surface area contributed by atoms with Crippen LogP contribution < -0.4 is 0 Å². The molecule has 0 amide bonds. The van der Waals surface area contributed by atoms with Gasteiger partial charge in [-0.25, -0.2) is 0 Å². The topological polar surface area (TPSA) is 12.4 Å². The predicted molar refractivity (Wildman–Crippen MR) is 124 cm³/mol. The van der Waals surface area contributed by atoms with Gasteiger partial charge >= 0.3 is 0 Å². The van der Waals surface area contributed by atoms with Gasteiger partial charge in [0.2, 0.25) is 0 Å². The van der Waals surface area contributed by atoms with E-state index in [1.54, 1.807) is 0 Å². The molecule has 0 aliphatic rings. The third-order valence-corrected chi connectivity index (χ3v) is 4.39. The van der Waals surface area contributed by atoms with Gasteiger partial charge in [-0.1, -0.05) is 85.9 Å². The lowest BCUT2D eigenvalue weighted by molar-refractivity contribution is 0.802. The van der Waals surface area contributed by atoms with Crippen molar-refractivity contribution < 1.29 is 0 Å². The first-order chi connectivity index (χ1) is 13.8. The van der Waals surface area contributed by atoms with Crippen molar-refractivity contribution in [1.29, 1.82) is 0 Å². The molecular weight excluding hydrogens is 338 g/mol. The van der Waals surface area contributed by atoms with Crippen LogP contribution in [0.2, 0.25) is 0 Å². The van der Waals surface area contributed by atoms with E-state index in [1.807, 2.05) is 19.2 Å². The number of hydrogen-bond donors (Lipinski definition) is 0. The third-order valence-electron chi connectivity index (χ3n) is 4.39. The van der Waals surface area contributed by atoms with Gasteiger partial charge in [-0.05, 0) is 55.0 Å². The second kappa shape index (κ2) is 13.3. The number of nitrogens with zero attached hydrogens (tertiary/aromatic N) is 1. The average Bonchev–Trinajstić information content (AvgIpc) is 2.75. The SMILES string of the molecule is C/C=C\C=C(/C=NCCCC#Cc1ccc(-c2ccccc2)cc1)CCCC. The van der Waals surface area contributed by atoms with Crippen molar-refractivity contribution in [2.45, 2.75) is 46.0 Å². The zero-order valence-electron chi connectivity index (χ0n) is 17.2. The summed E-state index contributed by atoms with van der Waals surface area (Å²) in [5.74, 6) is 6.52. The van der Waals surface area contributed by atoms with E-state index in [9.17, 15) is 0 Å². The largest absolute Gasteiger partial charge is 0.293 e. The molecule has 0 N–H and O–H groups in total.